The number of nitrogens with one attached hydrogen (secondary N) is 1. The molecule has 2 aromatic rings. The summed E-state index contributed by atoms with van der Waals surface area (Å²) in [4.78, 5) is 17.2. The second-order valence-corrected chi connectivity index (χ2v) is 6.25. The van der Waals surface area contributed by atoms with Gasteiger partial charge >= 0.3 is 0 Å². The van der Waals surface area contributed by atoms with Crippen LogP contribution in [0.15, 0.2) is 30.3 Å². The molecule has 1 heterocycles. The fraction of sp³-hybridized carbons (Fsp3) is 0.375. The molecule has 20 heavy (non-hydrogen) atoms. The van der Waals surface area contributed by atoms with E-state index in [-0.39, 0.29) is 11.9 Å². The number of aryl methyl sites for hydroxylation is 3. The number of nitrogens with zero attached hydrogens (tertiary/aromatic N) is 1. The summed E-state index contributed by atoms with van der Waals surface area (Å²) < 4.78 is 0. The second-order valence-electron chi connectivity index (χ2n) is 5.05. The molecule has 0 unspecified atom stereocenters. The minimum atomic E-state index is -0.00587. The summed E-state index contributed by atoms with van der Waals surface area (Å²) in [5.74, 6) is -0.00587. The molecule has 0 aliphatic heterocycles. The Morgan fingerprint density at radius 3 is 2.60 bits per heavy atom. The Hall–Kier alpha value is -1.68. The lowest BCUT2D eigenvalue weighted by molar-refractivity contribution is 0.0942. The number of amides is 1. The van der Waals surface area contributed by atoms with E-state index in [0.717, 1.165) is 28.4 Å². The first-order valence-corrected chi connectivity index (χ1v) is 7.66. The van der Waals surface area contributed by atoms with Crippen LogP contribution in [0.1, 0.15) is 39.3 Å². The summed E-state index contributed by atoms with van der Waals surface area (Å²) in [5, 5.41) is 3.99. The Morgan fingerprint density at radius 2 is 2.00 bits per heavy atom. The van der Waals surface area contributed by atoms with Crippen LogP contribution < -0.4 is 5.32 Å². The zero-order valence-corrected chi connectivity index (χ0v) is 13.0. The van der Waals surface area contributed by atoms with E-state index in [9.17, 15) is 4.79 Å². The third kappa shape index (κ3) is 3.90. The summed E-state index contributed by atoms with van der Waals surface area (Å²) in [6.45, 7) is 5.85. The van der Waals surface area contributed by atoms with Gasteiger partial charge in [0.15, 0.2) is 0 Å². The maximum absolute atomic E-state index is 12.2. The summed E-state index contributed by atoms with van der Waals surface area (Å²) in [6.07, 6.45) is 1.91. The van der Waals surface area contributed by atoms with Crippen molar-refractivity contribution in [3.05, 3.63) is 51.5 Å². The number of aromatic nitrogens is 1. The highest BCUT2D eigenvalue weighted by atomic mass is 32.1. The molecule has 0 aliphatic rings. The van der Waals surface area contributed by atoms with Gasteiger partial charge in [0.1, 0.15) is 4.88 Å². The van der Waals surface area contributed by atoms with Crippen molar-refractivity contribution in [1.82, 2.24) is 10.3 Å². The fourth-order valence-electron chi connectivity index (χ4n) is 2.13. The van der Waals surface area contributed by atoms with Gasteiger partial charge in [-0.3, -0.25) is 4.79 Å². The second kappa shape index (κ2) is 6.66. The van der Waals surface area contributed by atoms with Gasteiger partial charge in [0.25, 0.3) is 5.91 Å². The largest absolute Gasteiger partial charge is 0.349 e. The van der Waals surface area contributed by atoms with Crippen molar-refractivity contribution in [2.45, 2.75) is 39.7 Å². The zero-order chi connectivity index (χ0) is 14.5. The zero-order valence-electron chi connectivity index (χ0n) is 12.1. The van der Waals surface area contributed by atoms with Crippen molar-refractivity contribution in [3.63, 3.8) is 0 Å². The molecule has 4 heteroatoms. The first kappa shape index (κ1) is 14.7. The molecular weight excluding hydrogens is 268 g/mol. The molecule has 3 nitrogen and oxygen atoms in total. The van der Waals surface area contributed by atoms with Crippen LogP contribution >= 0.6 is 11.3 Å². The van der Waals surface area contributed by atoms with Gasteiger partial charge in [-0.15, -0.1) is 11.3 Å². The van der Waals surface area contributed by atoms with E-state index in [4.69, 9.17) is 0 Å². The molecule has 1 aromatic carbocycles. The molecule has 1 atom stereocenters. The number of hydrogen-bond donors (Lipinski definition) is 1. The van der Waals surface area contributed by atoms with Gasteiger partial charge in [-0.05, 0) is 39.2 Å². The Labute approximate surface area is 124 Å². The Bertz CT molecular complexity index is 577. The minimum Gasteiger partial charge on any atom is -0.349 e. The number of thiazole rings is 1. The Balaban J connectivity index is 1.87. The summed E-state index contributed by atoms with van der Waals surface area (Å²) in [6, 6.07) is 10.5. The Morgan fingerprint density at radius 1 is 1.30 bits per heavy atom. The van der Waals surface area contributed by atoms with Crippen LogP contribution in [-0.2, 0) is 6.42 Å². The highest BCUT2D eigenvalue weighted by Crippen LogP contribution is 2.17. The van der Waals surface area contributed by atoms with Gasteiger partial charge in [-0.2, -0.15) is 0 Å². The third-order valence-electron chi connectivity index (χ3n) is 3.20. The van der Waals surface area contributed by atoms with Crippen LogP contribution in [0.2, 0.25) is 0 Å². The average molecular weight is 288 g/mol. The lowest BCUT2D eigenvalue weighted by Gasteiger charge is -2.13. The minimum absolute atomic E-state index is 0.00587. The molecule has 1 amide bonds. The monoisotopic (exact) mass is 288 g/mol. The molecule has 0 bridgehead atoms. The SMILES string of the molecule is Cc1nc(C)c(C(=O)N[C@@H](C)CCc2ccccc2)s1. The number of carbonyl (C=O) groups excluding carboxylic acids is 1. The number of carbonyl (C=O) groups is 1. The molecule has 0 spiro atoms. The van der Waals surface area contributed by atoms with Gasteiger partial charge in [0.05, 0.1) is 10.7 Å². The molecule has 1 aromatic heterocycles. The summed E-state index contributed by atoms with van der Waals surface area (Å²) in [7, 11) is 0. The Kier molecular flexibility index (Phi) is 4.90. The number of hydrogen-bond acceptors (Lipinski definition) is 3. The third-order valence-corrected chi connectivity index (χ3v) is 4.27. The molecular formula is C16H20N2OS. The first-order chi connectivity index (χ1) is 9.56. The van der Waals surface area contributed by atoms with Crippen LogP contribution in [0.25, 0.3) is 0 Å². The van der Waals surface area contributed by atoms with Crippen molar-refractivity contribution >= 4 is 17.2 Å². The molecule has 106 valence electrons. The van der Waals surface area contributed by atoms with Gasteiger partial charge in [0, 0.05) is 6.04 Å². The van der Waals surface area contributed by atoms with Gasteiger partial charge < -0.3 is 5.32 Å². The van der Waals surface area contributed by atoms with Crippen molar-refractivity contribution < 1.29 is 4.79 Å². The highest BCUT2D eigenvalue weighted by Gasteiger charge is 2.15. The summed E-state index contributed by atoms with van der Waals surface area (Å²) >= 11 is 1.46. The van der Waals surface area contributed by atoms with Crippen LogP contribution in [0.4, 0.5) is 0 Å². The van der Waals surface area contributed by atoms with E-state index in [1.54, 1.807) is 0 Å². The fourth-order valence-corrected chi connectivity index (χ4v) is 2.95. The van der Waals surface area contributed by atoms with Crippen molar-refractivity contribution in [2.75, 3.05) is 0 Å². The standard InChI is InChI=1S/C16H20N2OS/c1-11(9-10-14-7-5-4-6-8-14)17-16(19)15-12(2)18-13(3)20-15/h4-8,11H,9-10H2,1-3H3,(H,17,19)/t11-/m0/s1. The molecule has 0 saturated heterocycles. The van der Waals surface area contributed by atoms with E-state index < -0.39 is 0 Å². The van der Waals surface area contributed by atoms with Crippen LogP contribution in [0.3, 0.4) is 0 Å². The topological polar surface area (TPSA) is 42.0 Å². The maximum Gasteiger partial charge on any atom is 0.263 e. The van der Waals surface area contributed by atoms with E-state index in [0.29, 0.717) is 0 Å². The molecule has 1 N–H and O–H groups in total. The lowest BCUT2D eigenvalue weighted by atomic mass is 10.1. The van der Waals surface area contributed by atoms with E-state index >= 15 is 0 Å². The van der Waals surface area contributed by atoms with Crippen LogP contribution in [0.5, 0.6) is 0 Å². The van der Waals surface area contributed by atoms with Crippen molar-refractivity contribution in [2.24, 2.45) is 0 Å². The van der Waals surface area contributed by atoms with Gasteiger partial charge in [-0.1, -0.05) is 30.3 Å². The smallest absolute Gasteiger partial charge is 0.263 e. The highest BCUT2D eigenvalue weighted by molar-refractivity contribution is 7.13. The quantitative estimate of drug-likeness (QED) is 0.914. The van der Waals surface area contributed by atoms with Gasteiger partial charge in [-0.25, -0.2) is 4.98 Å². The lowest BCUT2D eigenvalue weighted by Crippen LogP contribution is -2.32. The predicted molar refractivity (Wildman–Crippen MR) is 83.3 cm³/mol. The number of benzene rings is 1. The maximum atomic E-state index is 12.2. The molecule has 0 fully saturated rings. The van der Waals surface area contributed by atoms with E-state index in [1.165, 1.54) is 16.9 Å². The van der Waals surface area contributed by atoms with Crippen LogP contribution in [-0.4, -0.2) is 16.9 Å². The molecule has 2 rings (SSSR count). The predicted octanol–water partition coefficient (Wildman–Crippen LogP) is 3.51. The molecule has 0 saturated carbocycles. The van der Waals surface area contributed by atoms with E-state index in [1.807, 2.05) is 39.0 Å². The number of rotatable bonds is 5. The van der Waals surface area contributed by atoms with Gasteiger partial charge in [0.2, 0.25) is 0 Å². The first-order valence-electron chi connectivity index (χ1n) is 6.85. The molecule has 0 aliphatic carbocycles. The van der Waals surface area contributed by atoms with E-state index in [2.05, 4.69) is 22.4 Å². The summed E-state index contributed by atoms with van der Waals surface area (Å²) in [5.41, 5.74) is 2.12. The van der Waals surface area contributed by atoms with Crippen LogP contribution in [0, 0.1) is 13.8 Å². The van der Waals surface area contributed by atoms with Crippen molar-refractivity contribution in [1.29, 1.82) is 0 Å². The average Bonchev–Trinajstić information content (AvgIpc) is 2.77. The molecule has 0 radical (unpaired) electrons. The normalized spacial score (nSPS) is 12.2. The van der Waals surface area contributed by atoms with Crippen molar-refractivity contribution in [3.8, 4) is 0 Å².